The maximum Gasteiger partial charge on any atom is 1.00 e. The molecule has 0 aliphatic heterocycles. The number of unbranched alkanes of at least 4 members (excludes halogenated alkanes) is 13. The van der Waals surface area contributed by atoms with E-state index in [2.05, 4.69) is 21.5 Å². The van der Waals surface area contributed by atoms with Crippen molar-refractivity contribution in [3.05, 3.63) is 0 Å². The van der Waals surface area contributed by atoms with Gasteiger partial charge >= 0.3 is 65.1 Å². The largest absolute Gasteiger partial charge is 1.00 e. The predicted octanol–water partition coefficient (Wildman–Crippen LogP) is -2.22. The first-order valence-corrected chi connectivity index (χ1v) is 14.5. The summed E-state index contributed by atoms with van der Waals surface area (Å²) in [4.78, 5) is 43.8. The molecule has 0 saturated carbocycles. The third-order valence-electron chi connectivity index (χ3n) is 5.51. The number of nitrogens with one attached hydrogen (secondary N) is 1. The van der Waals surface area contributed by atoms with E-state index in [4.69, 9.17) is 4.74 Å². The fraction of sp³-hybridized carbons (Fsp3) is 0.917. The Kier molecular flexibility index (Phi) is 35.2. The molecular formula is C24H46NNa2O8P. The molecule has 0 fully saturated rings. The second kappa shape index (κ2) is 30.6. The quantitative estimate of drug-likeness (QED) is 0.0415. The number of hydrogen-bond donors (Lipinski definition) is 1. The molecule has 202 valence electrons. The number of phosphoric ester groups is 1. The third-order valence-corrected chi connectivity index (χ3v) is 5.97. The number of hydrogen-bond acceptors (Lipinski definition) is 9. The van der Waals surface area contributed by atoms with E-state index in [0.717, 1.165) is 57.8 Å². The Labute approximate surface area is 262 Å². The number of esters is 1. The van der Waals surface area contributed by atoms with Crippen molar-refractivity contribution in [2.24, 2.45) is 0 Å². The standard InChI is InChI=1S/C24H48NO8P.2Na/c1-2-3-4-5-6-7-8-11-14-17-24(27)33-23(21-32-34(28,29)30)20-25-18-15-12-9-10-13-16-19-31-22-26;;/h22-23,25H,2-21H2,1H3,(H2,28,29,30);;/q;2*+1/p-2/t23-;;/m0../s1. The van der Waals surface area contributed by atoms with Crippen molar-refractivity contribution in [1.29, 1.82) is 0 Å². The van der Waals surface area contributed by atoms with Crippen molar-refractivity contribution in [3.63, 3.8) is 0 Å². The first-order chi connectivity index (χ1) is 16.4. The molecule has 0 aromatic heterocycles. The summed E-state index contributed by atoms with van der Waals surface area (Å²) in [5, 5.41) is 3.14. The van der Waals surface area contributed by atoms with Crippen LogP contribution in [0.5, 0.6) is 0 Å². The second-order valence-corrected chi connectivity index (χ2v) is 9.88. The fourth-order valence-corrected chi connectivity index (χ4v) is 3.94. The predicted molar refractivity (Wildman–Crippen MR) is 128 cm³/mol. The average molecular weight is 554 g/mol. The van der Waals surface area contributed by atoms with E-state index in [1.807, 2.05) is 0 Å². The van der Waals surface area contributed by atoms with Crippen LogP contribution in [0.3, 0.4) is 0 Å². The summed E-state index contributed by atoms with van der Waals surface area (Å²) in [6, 6.07) is 0. The molecule has 0 aromatic carbocycles. The fourth-order valence-electron chi connectivity index (χ4n) is 3.59. The monoisotopic (exact) mass is 553 g/mol. The van der Waals surface area contributed by atoms with Crippen LogP contribution in [0.4, 0.5) is 0 Å². The topological polar surface area (TPSA) is 137 Å². The zero-order chi connectivity index (χ0) is 25.3. The van der Waals surface area contributed by atoms with E-state index in [0.29, 0.717) is 19.6 Å². The van der Waals surface area contributed by atoms with E-state index < -0.39 is 26.5 Å². The van der Waals surface area contributed by atoms with Crippen LogP contribution in [0.2, 0.25) is 0 Å². The SMILES string of the molecule is CCCCCCCCCCCC(=O)O[C@@H](CNCCCCCCCCOC=O)COP(=O)([O-])[O-].[Na+].[Na+]. The minimum Gasteiger partial charge on any atom is -0.790 e. The zero-order valence-electron chi connectivity index (χ0n) is 23.0. The molecule has 1 atom stereocenters. The molecule has 36 heavy (non-hydrogen) atoms. The Balaban J connectivity index is -0.00000544. The summed E-state index contributed by atoms with van der Waals surface area (Å²) in [5.41, 5.74) is 0. The molecule has 12 heteroatoms. The molecular weight excluding hydrogens is 507 g/mol. The summed E-state index contributed by atoms with van der Waals surface area (Å²) >= 11 is 0. The number of phosphoric acid groups is 1. The Morgan fingerprint density at radius 3 is 1.94 bits per heavy atom. The Morgan fingerprint density at radius 2 is 1.39 bits per heavy atom. The summed E-state index contributed by atoms with van der Waals surface area (Å²) in [6.07, 6.45) is 15.7. The summed E-state index contributed by atoms with van der Waals surface area (Å²) in [6.45, 7) is 3.58. The Bertz CT molecular complexity index is 540. The molecule has 0 unspecified atom stereocenters. The van der Waals surface area contributed by atoms with Gasteiger partial charge in [0, 0.05) is 13.0 Å². The molecule has 0 radical (unpaired) electrons. The first kappa shape index (κ1) is 41.5. The van der Waals surface area contributed by atoms with E-state index in [-0.39, 0.29) is 72.1 Å². The van der Waals surface area contributed by atoms with Crippen LogP contribution in [-0.4, -0.2) is 44.8 Å². The smallest absolute Gasteiger partial charge is 0.790 e. The molecule has 0 rings (SSSR count). The van der Waals surface area contributed by atoms with Gasteiger partial charge in [-0.2, -0.15) is 0 Å². The molecule has 9 nitrogen and oxygen atoms in total. The van der Waals surface area contributed by atoms with Crippen molar-refractivity contribution in [1.82, 2.24) is 5.32 Å². The van der Waals surface area contributed by atoms with Gasteiger partial charge < -0.3 is 33.7 Å². The van der Waals surface area contributed by atoms with E-state index in [9.17, 15) is 23.9 Å². The van der Waals surface area contributed by atoms with Gasteiger partial charge in [-0.15, -0.1) is 0 Å². The molecule has 0 saturated heterocycles. The molecule has 0 aliphatic rings. The van der Waals surface area contributed by atoms with E-state index >= 15 is 0 Å². The van der Waals surface area contributed by atoms with Gasteiger partial charge in [0.15, 0.2) is 0 Å². The normalized spacial score (nSPS) is 11.8. The van der Waals surface area contributed by atoms with Crippen LogP contribution in [0, 0.1) is 0 Å². The number of ether oxygens (including phenoxy) is 2. The van der Waals surface area contributed by atoms with Crippen LogP contribution in [-0.2, 0) is 28.2 Å². The molecule has 0 amide bonds. The van der Waals surface area contributed by atoms with Crippen molar-refractivity contribution >= 4 is 20.3 Å². The maximum atomic E-state index is 12.1. The number of rotatable bonds is 26. The molecule has 0 aliphatic carbocycles. The molecule has 0 bridgehead atoms. The van der Waals surface area contributed by atoms with Crippen molar-refractivity contribution in [2.45, 2.75) is 116 Å². The van der Waals surface area contributed by atoms with Crippen LogP contribution in [0.1, 0.15) is 110 Å². The minimum absolute atomic E-state index is 0. The van der Waals surface area contributed by atoms with Crippen molar-refractivity contribution in [2.75, 3.05) is 26.3 Å². The van der Waals surface area contributed by atoms with E-state index in [1.54, 1.807) is 0 Å². The van der Waals surface area contributed by atoms with Gasteiger partial charge in [-0.3, -0.25) is 9.59 Å². The molecule has 1 N–H and O–H groups in total. The molecule has 0 aromatic rings. The first-order valence-electron chi connectivity index (χ1n) is 13.0. The second-order valence-electron chi connectivity index (χ2n) is 8.73. The van der Waals surface area contributed by atoms with Gasteiger partial charge in [-0.05, 0) is 25.8 Å². The van der Waals surface area contributed by atoms with Gasteiger partial charge in [-0.1, -0.05) is 84.0 Å². The third kappa shape index (κ3) is 33.0. The average Bonchev–Trinajstić information content (AvgIpc) is 2.79. The van der Waals surface area contributed by atoms with Crippen LogP contribution >= 0.6 is 7.82 Å². The van der Waals surface area contributed by atoms with Gasteiger partial charge in [0.1, 0.15) is 6.10 Å². The van der Waals surface area contributed by atoms with Crippen LogP contribution in [0.25, 0.3) is 0 Å². The van der Waals surface area contributed by atoms with E-state index in [1.165, 1.54) is 38.5 Å². The minimum atomic E-state index is -5.12. The Hall–Kier alpha value is 1.01. The van der Waals surface area contributed by atoms with Crippen LogP contribution in [0.15, 0.2) is 0 Å². The van der Waals surface area contributed by atoms with Gasteiger partial charge in [0.2, 0.25) is 0 Å². The molecule has 0 heterocycles. The Morgan fingerprint density at radius 1 is 0.861 bits per heavy atom. The van der Waals surface area contributed by atoms with Gasteiger partial charge in [0.05, 0.1) is 21.0 Å². The maximum absolute atomic E-state index is 12.1. The summed E-state index contributed by atoms with van der Waals surface area (Å²) < 4.78 is 25.1. The van der Waals surface area contributed by atoms with Gasteiger partial charge in [0.25, 0.3) is 6.47 Å². The zero-order valence-corrected chi connectivity index (χ0v) is 27.9. The van der Waals surface area contributed by atoms with Crippen molar-refractivity contribution in [3.8, 4) is 0 Å². The number of carbonyl (C=O) groups is 2. The van der Waals surface area contributed by atoms with Gasteiger partial charge in [-0.25, -0.2) is 0 Å². The van der Waals surface area contributed by atoms with Crippen LogP contribution < -0.4 is 74.2 Å². The molecule has 0 spiro atoms. The summed E-state index contributed by atoms with van der Waals surface area (Å²) in [7, 11) is -5.12. The summed E-state index contributed by atoms with van der Waals surface area (Å²) in [5.74, 6) is -0.400. The van der Waals surface area contributed by atoms with Crippen molar-refractivity contribution < 1.29 is 97.1 Å². The number of carbonyl (C=O) groups excluding carboxylic acids is 2.